The predicted octanol–water partition coefficient (Wildman–Crippen LogP) is 3.43. The molecule has 1 heterocycles. The normalized spacial score (nSPS) is 13.0. The first kappa shape index (κ1) is 23.2. The number of nitrogens with zero attached hydrogens (tertiary/aromatic N) is 3. The van der Waals surface area contributed by atoms with E-state index in [9.17, 15) is 28.6 Å². The zero-order valence-electron chi connectivity index (χ0n) is 17.9. The van der Waals surface area contributed by atoms with E-state index >= 15 is 0 Å². The van der Waals surface area contributed by atoms with Crippen molar-refractivity contribution in [2.45, 2.75) is 25.5 Å². The summed E-state index contributed by atoms with van der Waals surface area (Å²) in [5.41, 5.74) is 1.76. The highest BCUT2D eigenvalue weighted by molar-refractivity contribution is 5.76. The first-order valence-corrected chi connectivity index (χ1v) is 10.6. The summed E-state index contributed by atoms with van der Waals surface area (Å²) in [5, 5.41) is 28.3. The maximum atomic E-state index is 13.5. The van der Waals surface area contributed by atoms with Gasteiger partial charge in [-0.05, 0) is 53.8 Å². The number of aryl methyl sites for hydroxylation is 1. The maximum absolute atomic E-state index is 13.5. The lowest BCUT2D eigenvalue weighted by atomic mass is 9.95. The number of aliphatic hydroxyl groups excluding tert-OH is 1. The SMILES string of the molecule is O=C(O)[C@H](Cn1nnc2ccccc2c1=O)[C@H](O)CCc1ccc(-c2cc(F)cc(F)c2)cc1. The van der Waals surface area contributed by atoms with Gasteiger partial charge in [0.2, 0.25) is 0 Å². The number of aliphatic carboxylic acids is 1. The molecule has 174 valence electrons. The molecule has 3 aromatic carbocycles. The molecule has 0 saturated heterocycles. The summed E-state index contributed by atoms with van der Waals surface area (Å²) in [6.45, 7) is -0.322. The van der Waals surface area contributed by atoms with E-state index in [1.807, 2.05) is 0 Å². The summed E-state index contributed by atoms with van der Waals surface area (Å²) in [4.78, 5) is 24.4. The number of carboxylic acids is 1. The van der Waals surface area contributed by atoms with Gasteiger partial charge in [-0.1, -0.05) is 41.6 Å². The summed E-state index contributed by atoms with van der Waals surface area (Å²) in [5.74, 6) is -3.85. The molecule has 0 unspecified atom stereocenters. The van der Waals surface area contributed by atoms with E-state index in [4.69, 9.17) is 0 Å². The molecular formula is C25H21F2N3O4. The van der Waals surface area contributed by atoms with E-state index < -0.39 is 35.2 Å². The number of halogens is 2. The molecule has 7 nitrogen and oxygen atoms in total. The molecule has 9 heteroatoms. The van der Waals surface area contributed by atoms with Crippen molar-refractivity contribution in [2.75, 3.05) is 0 Å². The molecule has 1 aromatic heterocycles. The van der Waals surface area contributed by atoms with Crippen molar-refractivity contribution in [2.24, 2.45) is 5.92 Å². The first-order valence-electron chi connectivity index (χ1n) is 10.6. The summed E-state index contributed by atoms with van der Waals surface area (Å²) >= 11 is 0. The van der Waals surface area contributed by atoms with Crippen LogP contribution in [0.3, 0.4) is 0 Å². The van der Waals surface area contributed by atoms with Gasteiger partial charge in [-0.25, -0.2) is 13.5 Å². The Morgan fingerprint density at radius 3 is 2.32 bits per heavy atom. The third kappa shape index (κ3) is 5.15. The van der Waals surface area contributed by atoms with Crippen LogP contribution in [0.5, 0.6) is 0 Å². The Labute approximate surface area is 192 Å². The molecule has 2 N–H and O–H groups in total. The number of aliphatic hydroxyl groups is 1. The van der Waals surface area contributed by atoms with Crippen LogP contribution in [-0.4, -0.2) is 37.3 Å². The van der Waals surface area contributed by atoms with E-state index in [1.165, 1.54) is 12.1 Å². The van der Waals surface area contributed by atoms with E-state index in [1.54, 1.807) is 48.5 Å². The minimum absolute atomic E-state index is 0.126. The fourth-order valence-electron chi connectivity index (χ4n) is 3.79. The minimum Gasteiger partial charge on any atom is -0.481 e. The van der Waals surface area contributed by atoms with E-state index in [-0.39, 0.29) is 13.0 Å². The Hall–Kier alpha value is -3.98. The van der Waals surface area contributed by atoms with Crippen LogP contribution in [0.2, 0.25) is 0 Å². The Morgan fingerprint density at radius 1 is 0.971 bits per heavy atom. The predicted molar refractivity (Wildman–Crippen MR) is 121 cm³/mol. The molecule has 34 heavy (non-hydrogen) atoms. The molecule has 0 fully saturated rings. The fraction of sp³-hybridized carbons (Fsp3) is 0.200. The number of aromatic nitrogens is 3. The van der Waals surface area contributed by atoms with Gasteiger partial charge in [-0.15, -0.1) is 5.10 Å². The average molecular weight is 465 g/mol. The third-order valence-electron chi connectivity index (χ3n) is 5.66. The lowest BCUT2D eigenvalue weighted by Crippen LogP contribution is -2.37. The van der Waals surface area contributed by atoms with Crippen LogP contribution in [0.1, 0.15) is 12.0 Å². The van der Waals surface area contributed by atoms with Gasteiger partial charge >= 0.3 is 5.97 Å². The lowest BCUT2D eigenvalue weighted by Gasteiger charge is -2.19. The zero-order valence-corrected chi connectivity index (χ0v) is 17.9. The van der Waals surface area contributed by atoms with Crippen LogP contribution < -0.4 is 5.56 Å². The van der Waals surface area contributed by atoms with E-state index in [0.717, 1.165) is 16.3 Å². The zero-order chi connectivity index (χ0) is 24.2. The largest absolute Gasteiger partial charge is 0.481 e. The lowest BCUT2D eigenvalue weighted by molar-refractivity contribution is -0.146. The second kappa shape index (κ2) is 9.88. The summed E-state index contributed by atoms with van der Waals surface area (Å²) in [7, 11) is 0. The number of hydrogen-bond donors (Lipinski definition) is 2. The van der Waals surface area contributed by atoms with Gasteiger partial charge in [0.05, 0.1) is 18.0 Å². The summed E-state index contributed by atoms with van der Waals surface area (Å²) in [6, 6.07) is 16.8. The molecule has 0 bridgehead atoms. The molecule has 4 rings (SSSR count). The number of carboxylic acid groups (broad SMARTS) is 1. The van der Waals surface area contributed by atoms with E-state index in [2.05, 4.69) is 10.3 Å². The molecule has 0 aliphatic rings. The van der Waals surface area contributed by atoms with Crippen LogP contribution in [0.15, 0.2) is 71.5 Å². The molecule has 0 saturated carbocycles. The molecule has 0 radical (unpaired) electrons. The summed E-state index contributed by atoms with van der Waals surface area (Å²) < 4.78 is 27.9. The molecule has 0 amide bonds. The fourth-order valence-corrected chi connectivity index (χ4v) is 3.79. The van der Waals surface area contributed by atoms with Gasteiger partial charge in [-0.3, -0.25) is 9.59 Å². The van der Waals surface area contributed by atoms with Crippen molar-refractivity contribution in [3.05, 3.63) is 94.3 Å². The van der Waals surface area contributed by atoms with Gasteiger partial charge < -0.3 is 10.2 Å². The van der Waals surface area contributed by atoms with Gasteiger partial charge in [0, 0.05) is 6.07 Å². The number of benzene rings is 3. The molecule has 0 aliphatic heterocycles. The Kier molecular flexibility index (Phi) is 6.74. The quantitative estimate of drug-likeness (QED) is 0.413. The molecule has 2 atom stereocenters. The van der Waals surface area contributed by atoms with Crippen molar-refractivity contribution in [3.63, 3.8) is 0 Å². The van der Waals surface area contributed by atoms with Gasteiger partial charge in [0.1, 0.15) is 23.1 Å². The minimum atomic E-state index is -1.26. The molecule has 0 aliphatic carbocycles. The van der Waals surface area contributed by atoms with Gasteiger partial charge in [-0.2, -0.15) is 0 Å². The Bertz CT molecular complexity index is 1370. The number of rotatable bonds is 8. The van der Waals surface area contributed by atoms with Crippen molar-refractivity contribution >= 4 is 16.9 Å². The highest BCUT2D eigenvalue weighted by Crippen LogP contribution is 2.23. The van der Waals surface area contributed by atoms with E-state index in [0.29, 0.717) is 28.5 Å². The Morgan fingerprint density at radius 2 is 1.65 bits per heavy atom. The number of hydrogen-bond acceptors (Lipinski definition) is 5. The topological polar surface area (TPSA) is 105 Å². The van der Waals surface area contributed by atoms with Crippen LogP contribution in [-0.2, 0) is 17.8 Å². The van der Waals surface area contributed by atoms with Crippen LogP contribution in [0.4, 0.5) is 8.78 Å². The monoisotopic (exact) mass is 465 g/mol. The second-order valence-corrected chi connectivity index (χ2v) is 8.00. The smallest absolute Gasteiger partial charge is 0.311 e. The van der Waals surface area contributed by atoms with Crippen LogP contribution in [0, 0.1) is 17.6 Å². The number of fused-ring (bicyclic) bond motifs is 1. The molecule has 0 spiro atoms. The van der Waals surface area contributed by atoms with Crippen molar-refractivity contribution in [1.29, 1.82) is 0 Å². The Balaban J connectivity index is 1.44. The maximum Gasteiger partial charge on any atom is 0.311 e. The first-order chi connectivity index (χ1) is 16.3. The molecule has 4 aromatic rings. The standard InChI is InChI=1S/C25H21F2N3O4/c26-18-11-17(12-19(27)13-18)16-8-5-15(6-9-16)7-10-23(31)21(25(33)34)14-30-24(32)20-3-1-2-4-22(20)28-29-30/h1-6,8-9,11-13,21,23,31H,7,10,14H2,(H,33,34)/t21-,23-/m1/s1. The van der Waals surface area contributed by atoms with Crippen molar-refractivity contribution in [1.82, 2.24) is 15.0 Å². The molecular weight excluding hydrogens is 444 g/mol. The average Bonchev–Trinajstić information content (AvgIpc) is 2.82. The highest BCUT2D eigenvalue weighted by atomic mass is 19.1. The van der Waals surface area contributed by atoms with Gasteiger partial charge in [0.25, 0.3) is 5.56 Å². The van der Waals surface area contributed by atoms with Gasteiger partial charge in [0.15, 0.2) is 0 Å². The highest BCUT2D eigenvalue weighted by Gasteiger charge is 2.28. The third-order valence-corrected chi connectivity index (χ3v) is 5.66. The van der Waals surface area contributed by atoms with Crippen LogP contribution in [0.25, 0.3) is 22.0 Å². The number of carbonyl (C=O) groups is 1. The summed E-state index contributed by atoms with van der Waals surface area (Å²) in [6.07, 6.45) is -0.753. The van der Waals surface area contributed by atoms with Crippen LogP contribution >= 0.6 is 0 Å². The van der Waals surface area contributed by atoms with Crippen molar-refractivity contribution < 1.29 is 23.8 Å². The van der Waals surface area contributed by atoms with Crippen molar-refractivity contribution in [3.8, 4) is 11.1 Å². The second-order valence-electron chi connectivity index (χ2n) is 8.00.